The van der Waals surface area contributed by atoms with Crippen LogP contribution in [0.4, 0.5) is 5.69 Å². The Morgan fingerprint density at radius 1 is 0.889 bits per heavy atom. The Morgan fingerprint density at radius 2 is 1.56 bits per heavy atom. The Bertz CT molecular complexity index is 1290. The Hall–Kier alpha value is -3.42. The first-order valence-corrected chi connectivity index (χ1v) is 13.4. The third-order valence-corrected chi connectivity index (χ3v) is 7.49. The molecule has 0 saturated carbocycles. The molecule has 1 aliphatic heterocycles. The third-order valence-electron chi connectivity index (χ3n) is 6.45. The first-order chi connectivity index (χ1) is 17.7. The second-order valence-electron chi connectivity index (χ2n) is 9.07. The largest absolute Gasteiger partial charge is 0.325 e. The molecule has 2 heterocycles. The van der Waals surface area contributed by atoms with Crippen molar-refractivity contribution in [2.75, 3.05) is 18.4 Å². The topological polar surface area (TPSA) is 63.1 Å². The first kappa shape index (κ1) is 24.3. The average Bonchev–Trinajstić information content (AvgIpc) is 3.32. The second-order valence-corrected chi connectivity index (χ2v) is 10.4. The number of likely N-dealkylation sites (tertiary alicyclic amines) is 1. The summed E-state index contributed by atoms with van der Waals surface area (Å²) in [7, 11) is 0. The predicted molar refractivity (Wildman–Crippen MR) is 146 cm³/mol. The fourth-order valence-electron chi connectivity index (χ4n) is 4.54. The van der Waals surface area contributed by atoms with Crippen molar-refractivity contribution in [1.29, 1.82) is 0 Å². The van der Waals surface area contributed by atoms with Gasteiger partial charge in [-0.15, -0.1) is 10.2 Å². The molecule has 5 rings (SSSR count). The van der Waals surface area contributed by atoms with Gasteiger partial charge in [-0.2, -0.15) is 0 Å². The highest BCUT2D eigenvalue weighted by atomic mass is 32.2. The van der Waals surface area contributed by atoms with Crippen LogP contribution in [0.15, 0.2) is 90.1 Å². The quantitative estimate of drug-likeness (QED) is 0.301. The summed E-state index contributed by atoms with van der Waals surface area (Å²) in [5, 5.41) is 12.6. The molecule has 184 valence electrons. The molecule has 6 nitrogen and oxygen atoms in total. The van der Waals surface area contributed by atoms with Crippen LogP contribution in [0.5, 0.6) is 0 Å². The summed E-state index contributed by atoms with van der Waals surface area (Å²) in [6.07, 6.45) is 3.74. The van der Waals surface area contributed by atoms with Gasteiger partial charge in [0.2, 0.25) is 5.91 Å². The van der Waals surface area contributed by atoms with E-state index >= 15 is 0 Å². The molecular weight excluding hydrogens is 466 g/mol. The molecule has 1 aromatic heterocycles. The van der Waals surface area contributed by atoms with E-state index in [9.17, 15) is 4.79 Å². The van der Waals surface area contributed by atoms with Gasteiger partial charge in [0.15, 0.2) is 11.0 Å². The Labute approximate surface area is 216 Å². The Morgan fingerprint density at radius 3 is 2.31 bits per heavy atom. The number of benzene rings is 3. The van der Waals surface area contributed by atoms with Gasteiger partial charge in [-0.3, -0.25) is 14.3 Å². The van der Waals surface area contributed by atoms with E-state index in [2.05, 4.69) is 49.2 Å². The fraction of sp³-hybridized carbons (Fsp3) is 0.276. The molecule has 1 amide bonds. The number of nitrogens with zero attached hydrogens (tertiary/aromatic N) is 4. The minimum absolute atomic E-state index is 0.0661. The van der Waals surface area contributed by atoms with Crippen LogP contribution >= 0.6 is 11.8 Å². The maximum absolute atomic E-state index is 13.3. The van der Waals surface area contributed by atoms with Gasteiger partial charge in [-0.1, -0.05) is 84.9 Å². The van der Waals surface area contributed by atoms with Gasteiger partial charge >= 0.3 is 0 Å². The number of thioether (sulfide) groups is 1. The number of nitrogens with one attached hydrogen (secondary N) is 1. The number of carbonyl (C=O) groups excluding carboxylic acids is 1. The zero-order valence-corrected chi connectivity index (χ0v) is 21.3. The zero-order chi connectivity index (χ0) is 24.7. The summed E-state index contributed by atoms with van der Waals surface area (Å²) >= 11 is 1.44. The van der Waals surface area contributed by atoms with Crippen molar-refractivity contribution in [3.05, 3.63) is 90.8 Å². The van der Waals surface area contributed by atoms with Crippen molar-refractivity contribution >= 4 is 23.4 Å². The van der Waals surface area contributed by atoms with Gasteiger partial charge < -0.3 is 5.32 Å². The van der Waals surface area contributed by atoms with Gasteiger partial charge in [0.05, 0.1) is 11.8 Å². The van der Waals surface area contributed by atoms with Crippen LogP contribution in [0, 0.1) is 0 Å². The fourth-order valence-corrected chi connectivity index (χ4v) is 5.43. The SMILES string of the molecule is CC(Sc1nnc(CN2CCCCC2)n1-c1ccccc1)C(=O)Nc1ccccc1-c1ccccc1. The lowest BCUT2D eigenvalue weighted by Gasteiger charge is -2.26. The minimum Gasteiger partial charge on any atom is -0.325 e. The van der Waals surface area contributed by atoms with Crippen molar-refractivity contribution in [1.82, 2.24) is 19.7 Å². The van der Waals surface area contributed by atoms with Gasteiger partial charge in [-0.05, 0) is 56.6 Å². The van der Waals surface area contributed by atoms with Gasteiger partial charge in [0.1, 0.15) is 0 Å². The van der Waals surface area contributed by atoms with Crippen LogP contribution < -0.4 is 5.32 Å². The molecule has 1 N–H and O–H groups in total. The van der Waals surface area contributed by atoms with E-state index in [0.29, 0.717) is 0 Å². The van der Waals surface area contributed by atoms with Gasteiger partial charge in [-0.25, -0.2) is 0 Å². The summed E-state index contributed by atoms with van der Waals surface area (Å²) in [6, 6.07) is 28.2. The molecule has 1 atom stereocenters. The lowest BCUT2D eigenvalue weighted by molar-refractivity contribution is -0.115. The molecule has 4 aromatic rings. The highest BCUT2D eigenvalue weighted by molar-refractivity contribution is 8.00. The van der Waals surface area contributed by atoms with Crippen molar-refractivity contribution in [3.63, 3.8) is 0 Å². The van der Waals surface area contributed by atoms with Gasteiger partial charge in [0.25, 0.3) is 0 Å². The first-order valence-electron chi connectivity index (χ1n) is 12.5. The molecule has 0 spiro atoms. The number of aromatic nitrogens is 3. The number of rotatable bonds is 8. The lowest BCUT2D eigenvalue weighted by atomic mass is 10.0. The summed E-state index contributed by atoms with van der Waals surface area (Å²) in [4.78, 5) is 15.7. The number of carbonyl (C=O) groups is 1. The summed E-state index contributed by atoms with van der Waals surface area (Å²) in [5.74, 6) is 0.844. The summed E-state index contributed by atoms with van der Waals surface area (Å²) in [5.41, 5.74) is 3.88. The van der Waals surface area contributed by atoms with E-state index in [1.807, 2.05) is 67.6 Å². The van der Waals surface area contributed by atoms with E-state index < -0.39 is 0 Å². The smallest absolute Gasteiger partial charge is 0.237 e. The Balaban J connectivity index is 1.35. The van der Waals surface area contributed by atoms with Crippen LogP contribution in [0.1, 0.15) is 32.0 Å². The van der Waals surface area contributed by atoms with E-state index in [1.54, 1.807) is 0 Å². The molecule has 3 aromatic carbocycles. The standard InChI is InChI=1S/C29H31N5OS/c1-22(28(35)30-26-18-10-9-17-25(26)23-13-5-2-6-14-23)36-29-32-31-27(21-33-19-11-4-12-20-33)34(29)24-15-7-3-8-16-24/h2-3,5-10,13-18,22H,4,11-12,19-21H2,1H3,(H,30,35). The Kier molecular flexibility index (Phi) is 7.79. The highest BCUT2D eigenvalue weighted by Gasteiger charge is 2.23. The van der Waals surface area contributed by atoms with E-state index in [0.717, 1.165) is 53.1 Å². The number of para-hydroxylation sites is 2. The van der Waals surface area contributed by atoms with Crippen molar-refractivity contribution < 1.29 is 4.79 Å². The van der Waals surface area contributed by atoms with Crippen LogP contribution in [0.2, 0.25) is 0 Å². The predicted octanol–water partition coefficient (Wildman–Crippen LogP) is 6.04. The van der Waals surface area contributed by atoms with Crippen LogP contribution in [0.25, 0.3) is 16.8 Å². The second kappa shape index (κ2) is 11.5. The van der Waals surface area contributed by atoms with Gasteiger partial charge in [0, 0.05) is 16.9 Å². The van der Waals surface area contributed by atoms with Crippen molar-refractivity contribution in [3.8, 4) is 16.8 Å². The number of hydrogen-bond acceptors (Lipinski definition) is 5. The molecule has 7 heteroatoms. The molecule has 1 fully saturated rings. The van der Waals surface area contributed by atoms with Crippen LogP contribution in [-0.4, -0.2) is 43.9 Å². The maximum atomic E-state index is 13.3. The molecule has 0 bridgehead atoms. The molecular formula is C29H31N5OS. The van der Waals surface area contributed by atoms with Crippen LogP contribution in [-0.2, 0) is 11.3 Å². The number of amides is 1. The lowest BCUT2D eigenvalue weighted by Crippen LogP contribution is -2.30. The molecule has 1 unspecified atom stereocenters. The van der Waals surface area contributed by atoms with Crippen molar-refractivity contribution in [2.45, 2.75) is 43.1 Å². The molecule has 1 aliphatic rings. The molecule has 1 saturated heterocycles. The molecule has 0 radical (unpaired) electrons. The minimum atomic E-state index is -0.358. The maximum Gasteiger partial charge on any atom is 0.237 e. The normalized spacial score (nSPS) is 14.9. The third kappa shape index (κ3) is 5.69. The summed E-state index contributed by atoms with van der Waals surface area (Å²) in [6.45, 7) is 4.85. The molecule has 36 heavy (non-hydrogen) atoms. The van der Waals surface area contributed by atoms with E-state index in [4.69, 9.17) is 0 Å². The summed E-state index contributed by atoms with van der Waals surface area (Å²) < 4.78 is 2.10. The van der Waals surface area contributed by atoms with E-state index in [-0.39, 0.29) is 11.2 Å². The van der Waals surface area contributed by atoms with Crippen molar-refractivity contribution in [2.24, 2.45) is 0 Å². The average molecular weight is 498 g/mol. The van der Waals surface area contributed by atoms with Crippen LogP contribution in [0.3, 0.4) is 0 Å². The monoisotopic (exact) mass is 497 g/mol. The number of piperidine rings is 1. The molecule has 0 aliphatic carbocycles. The number of anilines is 1. The van der Waals surface area contributed by atoms with E-state index in [1.165, 1.54) is 31.0 Å². The highest BCUT2D eigenvalue weighted by Crippen LogP contribution is 2.30. The zero-order valence-electron chi connectivity index (χ0n) is 20.5. The number of hydrogen-bond donors (Lipinski definition) is 1.